The summed E-state index contributed by atoms with van der Waals surface area (Å²) in [7, 11) is -2.39. The second-order valence-electron chi connectivity index (χ2n) is 4.99. The van der Waals surface area contributed by atoms with E-state index in [1.54, 1.807) is 31.4 Å². The number of rotatable bonds is 5. The van der Waals surface area contributed by atoms with Gasteiger partial charge in [0.25, 0.3) is 10.0 Å². The van der Waals surface area contributed by atoms with E-state index in [2.05, 4.69) is 9.88 Å². The monoisotopic (exact) mass is 398 g/mol. The van der Waals surface area contributed by atoms with E-state index in [0.717, 1.165) is 5.56 Å². The molecule has 130 valence electrons. The molecule has 0 aliphatic carbocycles. The molecular formula is C16H12Cl2N2O4S. The van der Waals surface area contributed by atoms with Crippen LogP contribution in [0.15, 0.2) is 57.9 Å². The number of nitrogens with one attached hydrogen (secondary N) is 1. The molecule has 0 saturated carbocycles. The Morgan fingerprint density at radius 1 is 1.08 bits per heavy atom. The Kier molecular flexibility index (Phi) is 4.89. The van der Waals surface area contributed by atoms with Crippen LogP contribution in [0.3, 0.4) is 0 Å². The fraction of sp³-hybridized carbons (Fsp3) is 0.0625. The van der Waals surface area contributed by atoms with Gasteiger partial charge in [0.15, 0.2) is 11.6 Å². The molecule has 25 heavy (non-hydrogen) atoms. The van der Waals surface area contributed by atoms with E-state index in [-0.39, 0.29) is 20.8 Å². The first kappa shape index (κ1) is 17.6. The molecule has 1 heterocycles. The Hall–Kier alpha value is -2.22. The molecular weight excluding hydrogens is 387 g/mol. The molecule has 1 N–H and O–H groups in total. The molecule has 0 saturated heterocycles. The number of benzene rings is 2. The van der Waals surface area contributed by atoms with Crippen molar-refractivity contribution in [3.8, 4) is 17.1 Å². The van der Waals surface area contributed by atoms with E-state index in [0.29, 0.717) is 11.5 Å². The van der Waals surface area contributed by atoms with Crippen LogP contribution >= 0.6 is 23.2 Å². The van der Waals surface area contributed by atoms with Crippen LogP contribution in [-0.4, -0.2) is 20.7 Å². The highest BCUT2D eigenvalue weighted by atomic mass is 35.5. The first-order chi connectivity index (χ1) is 11.9. The van der Waals surface area contributed by atoms with Crippen LogP contribution in [0.1, 0.15) is 0 Å². The second kappa shape index (κ2) is 6.95. The van der Waals surface area contributed by atoms with Gasteiger partial charge in [-0.2, -0.15) is 0 Å². The van der Waals surface area contributed by atoms with Crippen molar-refractivity contribution in [2.45, 2.75) is 4.90 Å². The van der Waals surface area contributed by atoms with Crippen LogP contribution in [0.5, 0.6) is 5.75 Å². The maximum absolute atomic E-state index is 12.5. The zero-order chi connectivity index (χ0) is 18.0. The Morgan fingerprint density at radius 3 is 2.48 bits per heavy atom. The molecule has 0 unspecified atom stereocenters. The number of sulfonamides is 1. The Balaban J connectivity index is 1.86. The topological polar surface area (TPSA) is 81.4 Å². The third kappa shape index (κ3) is 3.89. The summed E-state index contributed by atoms with van der Waals surface area (Å²) in [6.45, 7) is 0. The van der Waals surface area contributed by atoms with Crippen molar-refractivity contribution in [1.82, 2.24) is 5.16 Å². The molecule has 0 fully saturated rings. The molecule has 0 atom stereocenters. The number of hydrogen-bond donors (Lipinski definition) is 1. The van der Waals surface area contributed by atoms with E-state index >= 15 is 0 Å². The third-order valence-corrected chi connectivity index (χ3v) is 5.38. The van der Waals surface area contributed by atoms with E-state index < -0.39 is 10.0 Å². The SMILES string of the molecule is COc1ccc(-c2cc(NS(=O)(=O)c3cc(Cl)ccc3Cl)no2)cc1. The normalized spacial score (nSPS) is 11.3. The van der Waals surface area contributed by atoms with Crippen LogP contribution in [0, 0.1) is 0 Å². The van der Waals surface area contributed by atoms with Gasteiger partial charge in [-0.25, -0.2) is 8.42 Å². The summed E-state index contributed by atoms with van der Waals surface area (Å²) in [4.78, 5) is -0.143. The van der Waals surface area contributed by atoms with Crippen molar-refractivity contribution in [2.75, 3.05) is 11.8 Å². The molecule has 2 aromatic carbocycles. The van der Waals surface area contributed by atoms with Crippen LogP contribution in [-0.2, 0) is 10.0 Å². The van der Waals surface area contributed by atoms with Crippen molar-refractivity contribution in [1.29, 1.82) is 0 Å². The van der Waals surface area contributed by atoms with Crippen LogP contribution in [0.4, 0.5) is 5.82 Å². The number of methoxy groups -OCH3 is 1. The molecule has 0 spiro atoms. The zero-order valence-electron chi connectivity index (χ0n) is 12.9. The van der Waals surface area contributed by atoms with Gasteiger partial charge in [-0.1, -0.05) is 28.4 Å². The first-order valence-electron chi connectivity index (χ1n) is 6.98. The molecule has 0 bridgehead atoms. The minimum absolute atomic E-state index is 0.0295. The molecule has 6 nitrogen and oxygen atoms in total. The van der Waals surface area contributed by atoms with Crippen molar-refractivity contribution in [2.24, 2.45) is 0 Å². The van der Waals surface area contributed by atoms with Crippen molar-refractivity contribution in [3.05, 3.63) is 58.6 Å². The predicted molar refractivity (Wildman–Crippen MR) is 95.8 cm³/mol. The van der Waals surface area contributed by atoms with Gasteiger partial charge in [0.1, 0.15) is 10.6 Å². The number of aromatic nitrogens is 1. The lowest BCUT2D eigenvalue weighted by Gasteiger charge is -2.07. The second-order valence-corrected chi connectivity index (χ2v) is 7.48. The van der Waals surface area contributed by atoms with Gasteiger partial charge in [0, 0.05) is 16.7 Å². The van der Waals surface area contributed by atoms with Crippen LogP contribution < -0.4 is 9.46 Å². The standard InChI is InChI=1S/C16H12Cl2N2O4S/c1-23-12-5-2-10(3-6-12)14-9-16(19-24-14)20-25(21,22)15-8-11(17)4-7-13(15)18/h2-9H,1H3,(H,19,20). The van der Waals surface area contributed by atoms with Gasteiger partial charge in [0.2, 0.25) is 0 Å². The van der Waals surface area contributed by atoms with Gasteiger partial charge in [0.05, 0.1) is 12.1 Å². The van der Waals surface area contributed by atoms with Crippen LogP contribution in [0.2, 0.25) is 10.0 Å². The number of ether oxygens (including phenoxy) is 1. The lowest BCUT2D eigenvalue weighted by atomic mass is 10.2. The summed E-state index contributed by atoms with van der Waals surface area (Å²) in [5.41, 5.74) is 0.722. The molecule has 0 amide bonds. The minimum Gasteiger partial charge on any atom is -0.497 e. The van der Waals surface area contributed by atoms with Gasteiger partial charge < -0.3 is 9.26 Å². The zero-order valence-corrected chi connectivity index (χ0v) is 15.2. The molecule has 1 aromatic heterocycles. The molecule has 3 rings (SSSR count). The quantitative estimate of drug-likeness (QED) is 0.685. The Labute approximate surface area is 154 Å². The van der Waals surface area contributed by atoms with E-state index in [4.69, 9.17) is 32.5 Å². The Morgan fingerprint density at radius 2 is 1.80 bits per heavy atom. The lowest BCUT2D eigenvalue weighted by molar-refractivity contribution is 0.414. The van der Waals surface area contributed by atoms with Crippen molar-refractivity contribution < 1.29 is 17.7 Å². The maximum atomic E-state index is 12.5. The van der Waals surface area contributed by atoms with Gasteiger partial charge >= 0.3 is 0 Å². The van der Waals surface area contributed by atoms with Gasteiger partial charge in [-0.15, -0.1) is 0 Å². The number of halogens is 2. The highest BCUT2D eigenvalue weighted by molar-refractivity contribution is 7.92. The predicted octanol–water partition coefficient (Wildman–Crippen LogP) is 4.46. The largest absolute Gasteiger partial charge is 0.497 e. The van der Waals surface area contributed by atoms with Gasteiger partial charge in [-0.05, 0) is 42.5 Å². The lowest BCUT2D eigenvalue weighted by Crippen LogP contribution is -2.13. The molecule has 0 radical (unpaired) electrons. The highest BCUT2D eigenvalue weighted by Gasteiger charge is 2.20. The maximum Gasteiger partial charge on any atom is 0.264 e. The van der Waals surface area contributed by atoms with E-state index in [1.807, 2.05) is 0 Å². The van der Waals surface area contributed by atoms with Crippen molar-refractivity contribution >= 4 is 39.0 Å². The number of anilines is 1. The minimum atomic E-state index is -3.95. The third-order valence-electron chi connectivity index (χ3n) is 3.31. The Bertz CT molecular complexity index is 1000. The summed E-state index contributed by atoms with van der Waals surface area (Å²) in [5, 5.41) is 4.03. The molecule has 0 aliphatic heterocycles. The summed E-state index contributed by atoms with van der Waals surface area (Å²) in [6, 6.07) is 12.7. The molecule has 9 heteroatoms. The van der Waals surface area contributed by atoms with E-state index in [1.165, 1.54) is 24.3 Å². The smallest absolute Gasteiger partial charge is 0.264 e. The first-order valence-corrected chi connectivity index (χ1v) is 9.22. The molecule has 0 aliphatic rings. The van der Waals surface area contributed by atoms with Crippen molar-refractivity contribution in [3.63, 3.8) is 0 Å². The molecule has 3 aromatic rings. The summed E-state index contributed by atoms with van der Waals surface area (Å²) in [6.07, 6.45) is 0. The van der Waals surface area contributed by atoms with Gasteiger partial charge in [-0.3, -0.25) is 4.72 Å². The summed E-state index contributed by atoms with van der Waals surface area (Å²) in [5.74, 6) is 1.12. The average molecular weight is 399 g/mol. The fourth-order valence-electron chi connectivity index (χ4n) is 2.09. The number of hydrogen-bond acceptors (Lipinski definition) is 5. The number of nitrogens with zero attached hydrogens (tertiary/aromatic N) is 1. The average Bonchev–Trinajstić information content (AvgIpc) is 3.04. The summed E-state index contributed by atoms with van der Waals surface area (Å²) < 4.78 is 37.5. The van der Waals surface area contributed by atoms with E-state index in [9.17, 15) is 8.42 Å². The summed E-state index contributed by atoms with van der Waals surface area (Å²) >= 11 is 11.8. The van der Waals surface area contributed by atoms with Crippen LogP contribution in [0.25, 0.3) is 11.3 Å². The fourth-order valence-corrected chi connectivity index (χ4v) is 3.84. The highest BCUT2D eigenvalue weighted by Crippen LogP contribution is 2.29.